The Kier molecular flexibility index (Phi) is 2.91. The predicted octanol–water partition coefficient (Wildman–Crippen LogP) is 1.90. The van der Waals surface area contributed by atoms with Crippen LogP contribution in [0.25, 0.3) is 0 Å². The van der Waals surface area contributed by atoms with Crippen molar-refractivity contribution in [3.63, 3.8) is 0 Å². The molecule has 0 aliphatic heterocycles. The number of benzene rings is 1. The molecule has 1 heteroatoms. The summed E-state index contributed by atoms with van der Waals surface area (Å²) in [5, 5.41) is 1.41. The van der Waals surface area contributed by atoms with Crippen LogP contribution in [0.15, 0.2) is 48.3 Å². The van der Waals surface area contributed by atoms with Crippen LogP contribution < -0.4 is 5.19 Å². The van der Waals surface area contributed by atoms with Crippen LogP contribution in [-0.4, -0.2) is 8.80 Å². The minimum absolute atomic E-state index is 0.517. The summed E-state index contributed by atoms with van der Waals surface area (Å²) in [6.07, 6.45) is 0. The van der Waals surface area contributed by atoms with E-state index in [-0.39, 0.29) is 0 Å². The molecule has 0 heterocycles. The van der Waals surface area contributed by atoms with E-state index in [0.29, 0.717) is 0 Å². The summed E-state index contributed by atoms with van der Waals surface area (Å²) in [6, 6.07) is 10.5. The van der Waals surface area contributed by atoms with Crippen LogP contribution in [0.3, 0.4) is 0 Å². The van der Waals surface area contributed by atoms with E-state index in [1.54, 1.807) is 0 Å². The fraction of sp³-hybridized carbons (Fsp3) is 0.100. The van der Waals surface area contributed by atoms with Gasteiger partial charge in [0, 0.05) is 0 Å². The van der Waals surface area contributed by atoms with Crippen molar-refractivity contribution in [2.45, 2.75) is 6.55 Å². The normalized spacial score (nSPS) is 9.27. The summed E-state index contributed by atoms with van der Waals surface area (Å²) in [4.78, 5) is 0. The molecule has 1 radical (unpaired) electrons. The first-order valence-electron chi connectivity index (χ1n) is 3.59. The number of hydrogen-bond acceptors (Lipinski definition) is 0. The summed E-state index contributed by atoms with van der Waals surface area (Å²) in [5.74, 6) is 0. The molecule has 0 saturated heterocycles. The Balaban J connectivity index is 2.84. The van der Waals surface area contributed by atoms with Crippen LogP contribution in [0.5, 0.6) is 0 Å². The Morgan fingerprint density at radius 3 is 2.55 bits per heavy atom. The van der Waals surface area contributed by atoms with Gasteiger partial charge in [-0.3, -0.25) is 0 Å². The first-order valence-corrected chi connectivity index (χ1v) is 5.67. The highest BCUT2D eigenvalue weighted by Crippen LogP contribution is 1.88. The van der Waals surface area contributed by atoms with E-state index in [2.05, 4.69) is 48.8 Å². The smallest absolute Gasteiger partial charge is 0.118 e. The Labute approximate surface area is 69.5 Å². The lowest BCUT2D eigenvalue weighted by atomic mass is 10.4. The second-order valence-corrected chi connectivity index (χ2v) is 4.63. The minimum Gasteiger partial charge on any atom is -0.137 e. The van der Waals surface area contributed by atoms with Crippen LogP contribution in [0.4, 0.5) is 0 Å². The molecule has 0 amide bonds. The van der Waals surface area contributed by atoms with Gasteiger partial charge in [0.2, 0.25) is 0 Å². The summed E-state index contributed by atoms with van der Waals surface area (Å²) < 4.78 is 0. The van der Waals surface area contributed by atoms with Crippen molar-refractivity contribution in [1.29, 1.82) is 0 Å². The van der Waals surface area contributed by atoms with Crippen molar-refractivity contribution in [2.24, 2.45) is 0 Å². The molecule has 0 unspecified atom stereocenters. The van der Waals surface area contributed by atoms with Crippen LogP contribution in [0.1, 0.15) is 0 Å². The van der Waals surface area contributed by atoms with Gasteiger partial charge in [-0.1, -0.05) is 54.3 Å². The molecule has 0 N–H and O–H groups in total. The highest BCUT2D eigenvalue weighted by atomic mass is 28.3. The Bertz CT molecular complexity index is 257. The molecule has 1 rings (SSSR count). The molecule has 0 bridgehead atoms. The molecule has 0 fully saturated rings. The zero-order valence-electron chi connectivity index (χ0n) is 6.67. The number of hydrogen-bond donors (Lipinski definition) is 0. The Morgan fingerprint density at radius 1 is 1.36 bits per heavy atom. The lowest BCUT2D eigenvalue weighted by Gasteiger charge is -2.00. The second kappa shape index (κ2) is 3.97. The van der Waals surface area contributed by atoms with Crippen molar-refractivity contribution >= 4 is 14.0 Å². The molecule has 0 aliphatic carbocycles. The van der Waals surface area contributed by atoms with Gasteiger partial charge in [-0.25, -0.2) is 0 Å². The maximum Gasteiger partial charge on any atom is 0.118 e. The van der Waals surface area contributed by atoms with Gasteiger partial charge in [0.25, 0.3) is 0 Å². The molecule has 0 spiro atoms. The zero-order valence-corrected chi connectivity index (χ0v) is 7.67. The molecule has 0 atom stereocenters. The van der Waals surface area contributed by atoms with Crippen molar-refractivity contribution < 1.29 is 0 Å². The van der Waals surface area contributed by atoms with E-state index in [1.165, 1.54) is 5.19 Å². The molecule has 11 heavy (non-hydrogen) atoms. The van der Waals surface area contributed by atoms with Gasteiger partial charge in [0.1, 0.15) is 8.80 Å². The van der Waals surface area contributed by atoms with E-state index in [1.807, 2.05) is 6.07 Å². The molecule has 0 aliphatic rings. The SMILES string of the molecule is C=C=C[Si](C)c1ccccc1. The third-order valence-electron chi connectivity index (χ3n) is 1.55. The molecule has 0 nitrogen and oxygen atoms in total. The van der Waals surface area contributed by atoms with Gasteiger partial charge in [-0.15, -0.1) is 5.73 Å². The third-order valence-corrected chi connectivity index (χ3v) is 3.43. The Morgan fingerprint density at radius 2 is 2.00 bits per heavy atom. The van der Waals surface area contributed by atoms with Gasteiger partial charge in [0.15, 0.2) is 0 Å². The Hall–Kier alpha value is -1.04. The van der Waals surface area contributed by atoms with Crippen molar-refractivity contribution in [3.8, 4) is 0 Å². The first kappa shape index (κ1) is 8.06. The lowest BCUT2D eigenvalue weighted by Crippen LogP contribution is -2.23. The molecule has 0 saturated carbocycles. The maximum atomic E-state index is 3.57. The monoisotopic (exact) mass is 159 g/mol. The van der Waals surface area contributed by atoms with Gasteiger partial charge in [-0.05, 0) is 0 Å². The lowest BCUT2D eigenvalue weighted by molar-refractivity contribution is 1.75. The van der Waals surface area contributed by atoms with Crippen molar-refractivity contribution in [3.05, 3.63) is 48.3 Å². The quantitative estimate of drug-likeness (QED) is 0.457. The van der Waals surface area contributed by atoms with E-state index < -0.39 is 8.80 Å². The highest BCUT2D eigenvalue weighted by Gasteiger charge is 2.00. The fourth-order valence-electron chi connectivity index (χ4n) is 0.937. The predicted molar refractivity (Wildman–Crippen MR) is 51.4 cm³/mol. The maximum absolute atomic E-state index is 3.57. The van der Waals surface area contributed by atoms with E-state index in [4.69, 9.17) is 0 Å². The van der Waals surface area contributed by atoms with Crippen LogP contribution in [0, 0.1) is 0 Å². The van der Waals surface area contributed by atoms with Crippen molar-refractivity contribution in [1.82, 2.24) is 0 Å². The van der Waals surface area contributed by atoms with Gasteiger partial charge >= 0.3 is 0 Å². The molecular weight excluding hydrogens is 148 g/mol. The average molecular weight is 159 g/mol. The largest absolute Gasteiger partial charge is 0.137 e. The molecule has 1 aromatic carbocycles. The fourth-order valence-corrected chi connectivity index (χ4v) is 2.13. The van der Waals surface area contributed by atoms with Crippen LogP contribution >= 0.6 is 0 Å². The van der Waals surface area contributed by atoms with Gasteiger partial charge in [0.05, 0.1) is 0 Å². The average Bonchev–Trinajstić information content (AvgIpc) is 2.07. The van der Waals surface area contributed by atoms with Crippen molar-refractivity contribution in [2.75, 3.05) is 0 Å². The second-order valence-electron chi connectivity index (χ2n) is 2.40. The zero-order chi connectivity index (χ0) is 8.10. The standard InChI is InChI=1S/C10H11Si/c1-3-9-11(2)10-7-5-4-6-8-10/h4-9H,1H2,2H3. The molecule has 0 aromatic heterocycles. The molecular formula is C10H11Si. The molecule has 1 aromatic rings. The van der Waals surface area contributed by atoms with E-state index in [0.717, 1.165) is 0 Å². The van der Waals surface area contributed by atoms with Gasteiger partial charge < -0.3 is 0 Å². The highest BCUT2D eigenvalue weighted by molar-refractivity contribution is 6.76. The van der Waals surface area contributed by atoms with Crippen LogP contribution in [0.2, 0.25) is 6.55 Å². The summed E-state index contributed by atoms with van der Waals surface area (Å²) >= 11 is 0. The summed E-state index contributed by atoms with van der Waals surface area (Å²) in [5.41, 5.74) is 4.91. The number of rotatable bonds is 2. The summed E-state index contributed by atoms with van der Waals surface area (Å²) in [7, 11) is -0.517. The van der Waals surface area contributed by atoms with E-state index >= 15 is 0 Å². The van der Waals surface area contributed by atoms with Gasteiger partial charge in [-0.2, -0.15) is 0 Å². The van der Waals surface area contributed by atoms with Crippen LogP contribution in [-0.2, 0) is 0 Å². The first-order chi connectivity index (χ1) is 5.34. The molecule has 55 valence electrons. The minimum atomic E-state index is -0.517. The third kappa shape index (κ3) is 2.23. The summed E-state index contributed by atoms with van der Waals surface area (Å²) in [6.45, 7) is 5.81. The van der Waals surface area contributed by atoms with E-state index in [9.17, 15) is 0 Å². The topological polar surface area (TPSA) is 0 Å².